The summed E-state index contributed by atoms with van der Waals surface area (Å²) in [7, 11) is 0. The molecule has 2 N–H and O–H groups in total. The lowest BCUT2D eigenvalue weighted by atomic mass is 9.84. The molecular weight excluding hydrogens is 528 g/mol. The quantitative estimate of drug-likeness (QED) is 0.334. The van der Waals surface area contributed by atoms with Crippen LogP contribution < -0.4 is 10.1 Å². The van der Waals surface area contributed by atoms with Crippen molar-refractivity contribution < 1.29 is 19.0 Å². The van der Waals surface area contributed by atoms with Gasteiger partial charge in [0, 0.05) is 36.1 Å². The van der Waals surface area contributed by atoms with Gasteiger partial charge < -0.3 is 19.5 Å². The van der Waals surface area contributed by atoms with Crippen LogP contribution in [0, 0.1) is 0 Å². The number of ether oxygens (including phenoxy) is 3. The zero-order valence-corrected chi connectivity index (χ0v) is 24.6. The Morgan fingerprint density at radius 2 is 1.71 bits per heavy atom. The van der Waals surface area contributed by atoms with E-state index in [9.17, 15) is 4.79 Å². The second kappa shape index (κ2) is 12.3. The van der Waals surface area contributed by atoms with Crippen LogP contribution in [0.15, 0.2) is 42.5 Å². The first-order valence-electron chi connectivity index (χ1n) is 16.2. The van der Waals surface area contributed by atoms with Gasteiger partial charge in [-0.2, -0.15) is 5.10 Å². The molecule has 224 valence electrons. The first kappa shape index (κ1) is 27.9. The molecule has 0 unspecified atom stereocenters. The molecule has 8 heteroatoms. The van der Waals surface area contributed by atoms with Gasteiger partial charge in [0.25, 0.3) is 5.91 Å². The maximum Gasteiger partial charge on any atom is 0.251 e. The molecule has 1 aromatic heterocycles. The first-order valence-corrected chi connectivity index (χ1v) is 16.2. The molecule has 8 nitrogen and oxygen atoms in total. The van der Waals surface area contributed by atoms with Crippen molar-refractivity contribution in [3.8, 4) is 17.0 Å². The highest BCUT2D eigenvalue weighted by atomic mass is 16.5. The maximum absolute atomic E-state index is 13.4. The number of rotatable bonds is 9. The number of hydrogen-bond donors (Lipinski definition) is 2. The molecule has 2 aliphatic carbocycles. The molecular formula is C34H44N4O4. The smallest absolute Gasteiger partial charge is 0.251 e. The lowest BCUT2D eigenvalue weighted by Crippen LogP contribution is -2.52. The van der Waals surface area contributed by atoms with Gasteiger partial charge >= 0.3 is 0 Å². The number of piperidine rings is 1. The monoisotopic (exact) mass is 572 g/mol. The second-order valence-electron chi connectivity index (χ2n) is 12.9. The third kappa shape index (κ3) is 6.08. The Kier molecular flexibility index (Phi) is 8.19. The van der Waals surface area contributed by atoms with Gasteiger partial charge in [-0.3, -0.25) is 14.8 Å². The van der Waals surface area contributed by atoms with Crippen LogP contribution in [-0.2, 0) is 9.47 Å². The third-order valence-corrected chi connectivity index (χ3v) is 9.92. The Morgan fingerprint density at radius 1 is 0.952 bits per heavy atom. The zero-order valence-electron chi connectivity index (χ0n) is 24.6. The van der Waals surface area contributed by atoms with Crippen LogP contribution in [0.5, 0.6) is 5.75 Å². The Hall–Kier alpha value is -2.94. The Morgan fingerprint density at radius 3 is 2.43 bits per heavy atom. The molecule has 2 aliphatic heterocycles. The number of hydrogen-bond acceptors (Lipinski definition) is 6. The lowest BCUT2D eigenvalue weighted by molar-refractivity contribution is -0.108. The molecule has 42 heavy (non-hydrogen) atoms. The van der Waals surface area contributed by atoms with Crippen LogP contribution >= 0.6 is 0 Å². The predicted octanol–water partition coefficient (Wildman–Crippen LogP) is 5.86. The normalized spacial score (nSPS) is 22.3. The fraction of sp³-hybridized carbons (Fsp3) is 0.588. The SMILES string of the molecule is O=C(NCC1(OC2CCCC2)CCCCC1)c1ccc2[nH]nc(-c3ccc(OC4CCN(C5COC5)CC4)cc3)c2c1. The molecule has 0 spiro atoms. The molecule has 1 amide bonds. The number of nitrogens with one attached hydrogen (secondary N) is 2. The van der Waals surface area contributed by atoms with Gasteiger partial charge in [0.1, 0.15) is 11.9 Å². The first-order chi connectivity index (χ1) is 20.6. The van der Waals surface area contributed by atoms with E-state index in [0.29, 0.717) is 24.3 Å². The number of amides is 1. The molecule has 2 saturated carbocycles. The molecule has 3 aromatic rings. The van der Waals surface area contributed by atoms with E-state index in [1.54, 1.807) is 0 Å². The summed E-state index contributed by atoms with van der Waals surface area (Å²) in [6, 6.07) is 14.6. The number of carbonyl (C=O) groups excluding carboxylic acids is 1. The molecule has 4 fully saturated rings. The van der Waals surface area contributed by atoms with E-state index in [1.165, 1.54) is 32.1 Å². The van der Waals surface area contributed by atoms with Crippen molar-refractivity contribution in [3.05, 3.63) is 48.0 Å². The average molecular weight is 573 g/mol. The highest BCUT2D eigenvalue weighted by Crippen LogP contribution is 2.36. The van der Waals surface area contributed by atoms with Crippen LogP contribution in [0.1, 0.15) is 81.0 Å². The van der Waals surface area contributed by atoms with Crippen LogP contribution in [0.2, 0.25) is 0 Å². The fourth-order valence-corrected chi connectivity index (χ4v) is 7.29. The number of fused-ring (bicyclic) bond motifs is 1. The number of benzene rings is 2. The number of H-pyrrole nitrogens is 1. The Balaban J connectivity index is 0.996. The lowest BCUT2D eigenvalue weighted by Gasteiger charge is -2.41. The summed E-state index contributed by atoms with van der Waals surface area (Å²) in [5.41, 5.74) is 3.18. The Labute approximate surface area is 248 Å². The topological polar surface area (TPSA) is 88.7 Å². The van der Waals surface area contributed by atoms with E-state index < -0.39 is 0 Å². The minimum absolute atomic E-state index is 0.0522. The van der Waals surface area contributed by atoms with Gasteiger partial charge in [-0.25, -0.2) is 0 Å². The Bertz CT molecular complexity index is 1350. The van der Waals surface area contributed by atoms with Gasteiger partial charge in [0.05, 0.1) is 42.2 Å². The minimum Gasteiger partial charge on any atom is -0.490 e. The minimum atomic E-state index is -0.222. The molecule has 4 aliphatic rings. The van der Waals surface area contributed by atoms with Gasteiger partial charge in [-0.05, 0) is 81.0 Å². The summed E-state index contributed by atoms with van der Waals surface area (Å²) >= 11 is 0. The van der Waals surface area contributed by atoms with E-state index in [-0.39, 0.29) is 17.6 Å². The number of nitrogens with zero attached hydrogens (tertiary/aromatic N) is 2. The van der Waals surface area contributed by atoms with Crippen LogP contribution in [-0.4, -0.2) is 77.7 Å². The van der Waals surface area contributed by atoms with Crippen molar-refractivity contribution in [2.45, 2.75) is 94.5 Å². The number of aromatic amines is 1. The predicted molar refractivity (Wildman–Crippen MR) is 163 cm³/mol. The van der Waals surface area contributed by atoms with Crippen LogP contribution in [0.3, 0.4) is 0 Å². The van der Waals surface area contributed by atoms with E-state index in [1.807, 2.05) is 30.3 Å². The molecule has 3 heterocycles. The van der Waals surface area contributed by atoms with Gasteiger partial charge in [0.2, 0.25) is 0 Å². The second-order valence-corrected chi connectivity index (χ2v) is 12.9. The van der Waals surface area contributed by atoms with Gasteiger partial charge in [-0.1, -0.05) is 32.1 Å². The van der Waals surface area contributed by atoms with Crippen molar-refractivity contribution in [3.63, 3.8) is 0 Å². The molecule has 2 saturated heterocycles. The fourth-order valence-electron chi connectivity index (χ4n) is 7.29. The summed E-state index contributed by atoms with van der Waals surface area (Å²) in [5.74, 6) is 0.837. The van der Waals surface area contributed by atoms with E-state index >= 15 is 0 Å². The van der Waals surface area contributed by atoms with Crippen molar-refractivity contribution >= 4 is 16.8 Å². The number of likely N-dealkylation sites (tertiary alicyclic amines) is 1. The summed E-state index contributed by atoms with van der Waals surface area (Å²) in [6.45, 7) is 4.46. The standard InChI is InChI=1S/C34H44N4O4/c39-33(35-23-34(16-4-1-5-17-34)42-29-6-2-3-7-29)25-10-13-31-30(20-25)32(37-36-31)24-8-11-27(12-9-24)41-28-14-18-38(19-15-28)26-21-40-22-26/h8-13,20,26,28-29H,1-7,14-19,21-23H2,(H,35,39)(H,36,37). The van der Waals surface area contributed by atoms with Crippen LogP contribution in [0.4, 0.5) is 0 Å². The summed E-state index contributed by atoms with van der Waals surface area (Å²) < 4.78 is 18.4. The van der Waals surface area contributed by atoms with Crippen molar-refractivity contribution in [2.24, 2.45) is 0 Å². The zero-order chi connectivity index (χ0) is 28.4. The molecule has 2 aromatic carbocycles. The molecule has 0 bridgehead atoms. The largest absolute Gasteiger partial charge is 0.490 e. The van der Waals surface area contributed by atoms with Gasteiger partial charge in [0.15, 0.2) is 0 Å². The highest BCUT2D eigenvalue weighted by Gasteiger charge is 2.37. The summed E-state index contributed by atoms with van der Waals surface area (Å²) in [4.78, 5) is 15.9. The van der Waals surface area contributed by atoms with Gasteiger partial charge in [-0.15, -0.1) is 0 Å². The molecule has 0 radical (unpaired) electrons. The third-order valence-electron chi connectivity index (χ3n) is 9.92. The van der Waals surface area contributed by atoms with Crippen LogP contribution in [0.25, 0.3) is 22.2 Å². The van der Waals surface area contributed by atoms with E-state index in [0.717, 1.165) is 92.7 Å². The van der Waals surface area contributed by atoms with E-state index in [2.05, 4.69) is 32.5 Å². The maximum atomic E-state index is 13.4. The molecule has 7 rings (SSSR count). The average Bonchev–Trinajstić information content (AvgIpc) is 3.67. The van der Waals surface area contributed by atoms with Crippen molar-refractivity contribution in [2.75, 3.05) is 32.8 Å². The summed E-state index contributed by atoms with van der Waals surface area (Å²) in [5, 5.41) is 11.9. The number of carbonyl (C=O) groups is 1. The highest BCUT2D eigenvalue weighted by molar-refractivity contribution is 6.01. The number of aromatic nitrogens is 2. The molecule has 0 atom stereocenters. The summed E-state index contributed by atoms with van der Waals surface area (Å²) in [6.07, 6.45) is 13.2. The van der Waals surface area contributed by atoms with Crippen molar-refractivity contribution in [1.82, 2.24) is 20.4 Å². The van der Waals surface area contributed by atoms with Crippen molar-refractivity contribution in [1.29, 1.82) is 0 Å². The van der Waals surface area contributed by atoms with E-state index in [4.69, 9.17) is 14.2 Å².